The normalized spacial score (nSPS) is 27.9. The summed E-state index contributed by atoms with van der Waals surface area (Å²) >= 11 is 0. The lowest BCUT2D eigenvalue weighted by Gasteiger charge is -2.20. The summed E-state index contributed by atoms with van der Waals surface area (Å²) in [7, 11) is 0. The van der Waals surface area contributed by atoms with Gasteiger partial charge in [0.25, 0.3) is 5.91 Å². The maximum absolute atomic E-state index is 13.6. The fourth-order valence-electron chi connectivity index (χ4n) is 2.91. The number of halogens is 4. The number of ether oxygens (including phenoxy) is 1. The fourth-order valence-corrected chi connectivity index (χ4v) is 2.91. The first kappa shape index (κ1) is 14.3. The minimum Gasteiger partial charge on any atom is -0.373 e. The lowest BCUT2D eigenvalue weighted by Crippen LogP contribution is -2.41. The quantitative estimate of drug-likeness (QED) is 0.853. The van der Waals surface area contributed by atoms with Crippen LogP contribution >= 0.6 is 0 Å². The smallest absolute Gasteiger partial charge is 0.373 e. The van der Waals surface area contributed by atoms with Crippen LogP contribution in [0.15, 0.2) is 18.2 Å². The van der Waals surface area contributed by atoms with Crippen molar-refractivity contribution in [2.24, 2.45) is 0 Å². The molecule has 2 bridgehead atoms. The van der Waals surface area contributed by atoms with Crippen molar-refractivity contribution in [3.05, 3.63) is 35.1 Å². The molecule has 2 aliphatic rings. The van der Waals surface area contributed by atoms with E-state index in [9.17, 15) is 22.4 Å². The molecule has 7 heteroatoms. The van der Waals surface area contributed by atoms with Crippen LogP contribution in [0.5, 0.6) is 0 Å². The molecule has 2 saturated heterocycles. The zero-order chi connectivity index (χ0) is 15.2. The van der Waals surface area contributed by atoms with Gasteiger partial charge in [-0.05, 0) is 37.5 Å². The van der Waals surface area contributed by atoms with Gasteiger partial charge in [-0.15, -0.1) is 0 Å². The summed E-state index contributed by atoms with van der Waals surface area (Å²) < 4.78 is 57.0. The van der Waals surface area contributed by atoms with E-state index in [1.165, 1.54) is 0 Å². The van der Waals surface area contributed by atoms with Crippen LogP contribution in [0, 0.1) is 5.82 Å². The molecule has 1 amide bonds. The van der Waals surface area contributed by atoms with E-state index in [1.54, 1.807) is 0 Å². The van der Waals surface area contributed by atoms with Gasteiger partial charge in [0.05, 0.1) is 29.4 Å². The lowest BCUT2D eigenvalue weighted by molar-refractivity contribution is -0.137. The van der Waals surface area contributed by atoms with Crippen molar-refractivity contribution in [3.8, 4) is 0 Å². The summed E-state index contributed by atoms with van der Waals surface area (Å²) in [6, 6.07) is 1.56. The second-order valence-electron chi connectivity index (χ2n) is 5.38. The number of rotatable bonds is 2. The highest BCUT2D eigenvalue weighted by molar-refractivity contribution is 5.95. The van der Waals surface area contributed by atoms with Crippen molar-refractivity contribution in [2.45, 2.75) is 43.7 Å². The number of carbonyl (C=O) groups is 1. The molecule has 1 N–H and O–H groups in total. The van der Waals surface area contributed by atoms with E-state index in [2.05, 4.69) is 5.32 Å². The van der Waals surface area contributed by atoms with Crippen LogP contribution in [-0.4, -0.2) is 24.2 Å². The van der Waals surface area contributed by atoms with Crippen LogP contribution in [0.2, 0.25) is 0 Å². The molecule has 0 saturated carbocycles. The molecule has 2 fully saturated rings. The van der Waals surface area contributed by atoms with Gasteiger partial charge in [0.15, 0.2) is 0 Å². The van der Waals surface area contributed by atoms with Crippen molar-refractivity contribution in [3.63, 3.8) is 0 Å². The van der Waals surface area contributed by atoms with Crippen molar-refractivity contribution in [1.29, 1.82) is 0 Å². The van der Waals surface area contributed by atoms with Gasteiger partial charge in [0.1, 0.15) is 5.82 Å². The van der Waals surface area contributed by atoms with Gasteiger partial charge >= 0.3 is 6.18 Å². The Morgan fingerprint density at radius 3 is 2.62 bits per heavy atom. The van der Waals surface area contributed by atoms with Crippen LogP contribution in [0.25, 0.3) is 0 Å². The maximum Gasteiger partial charge on any atom is 0.416 e. The average Bonchev–Trinajstić information content (AvgIpc) is 2.99. The van der Waals surface area contributed by atoms with E-state index >= 15 is 0 Å². The molecule has 0 aromatic heterocycles. The first-order valence-electron chi connectivity index (χ1n) is 6.67. The van der Waals surface area contributed by atoms with E-state index in [1.807, 2.05) is 0 Å². The fraction of sp³-hybridized carbons (Fsp3) is 0.500. The Hall–Kier alpha value is -1.63. The second kappa shape index (κ2) is 4.98. The Morgan fingerprint density at radius 2 is 2.05 bits per heavy atom. The van der Waals surface area contributed by atoms with Gasteiger partial charge in [-0.3, -0.25) is 4.79 Å². The Balaban J connectivity index is 1.78. The number of benzene rings is 1. The van der Waals surface area contributed by atoms with Crippen molar-refractivity contribution in [1.82, 2.24) is 5.32 Å². The third kappa shape index (κ3) is 2.74. The van der Waals surface area contributed by atoms with Gasteiger partial charge in [0.2, 0.25) is 0 Å². The van der Waals surface area contributed by atoms with Gasteiger partial charge in [-0.25, -0.2) is 4.39 Å². The molecule has 0 radical (unpaired) electrons. The highest BCUT2D eigenvalue weighted by atomic mass is 19.4. The molecule has 0 spiro atoms. The first-order chi connectivity index (χ1) is 9.84. The molecule has 3 atom stereocenters. The topological polar surface area (TPSA) is 38.3 Å². The molecular weight excluding hydrogens is 290 g/mol. The zero-order valence-corrected chi connectivity index (χ0v) is 10.9. The Bertz CT molecular complexity index is 573. The monoisotopic (exact) mass is 303 g/mol. The number of hydrogen-bond donors (Lipinski definition) is 1. The van der Waals surface area contributed by atoms with Crippen LogP contribution < -0.4 is 5.32 Å². The molecule has 0 aliphatic carbocycles. The predicted molar refractivity (Wildman–Crippen MR) is 65.2 cm³/mol. The van der Waals surface area contributed by atoms with E-state index in [-0.39, 0.29) is 18.2 Å². The predicted octanol–water partition coefficient (Wildman–Crippen LogP) is 2.89. The second-order valence-corrected chi connectivity index (χ2v) is 5.38. The molecule has 3 rings (SSSR count). The van der Waals surface area contributed by atoms with Crippen LogP contribution in [-0.2, 0) is 10.9 Å². The molecule has 1 aromatic carbocycles. The van der Waals surface area contributed by atoms with Gasteiger partial charge in [-0.1, -0.05) is 0 Å². The van der Waals surface area contributed by atoms with E-state index < -0.39 is 29.0 Å². The first-order valence-corrected chi connectivity index (χ1v) is 6.67. The molecule has 3 nitrogen and oxygen atoms in total. The largest absolute Gasteiger partial charge is 0.416 e. The summed E-state index contributed by atoms with van der Waals surface area (Å²) in [4.78, 5) is 12.0. The number of alkyl halides is 3. The molecular formula is C14H13F4NO2. The zero-order valence-electron chi connectivity index (χ0n) is 10.9. The number of amides is 1. The van der Waals surface area contributed by atoms with Crippen molar-refractivity contribution >= 4 is 5.91 Å². The number of carbonyl (C=O) groups excluding carboxylic acids is 1. The van der Waals surface area contributed by atoms with Crippen LogP contribution in [0.1, 0.15) is 35.2 Å². The maximum atomic E-state index is 13.6. The number of fused-ring (bicyclic) bond motifs is 2. The summed E-state index contributed by atoms with van der Waals surface area (Å²) in [6.45, 7) is 0. The van der Waals surface area contributed by atoms with Gasteiger partial charge < -0.3 is 10.1 Å². The third-order valence-electron chi connectivity index (χ3n) is 3.96. The van der Waals surface area contributed by atoms with E-state index in [4.69, 9.17) is 4.74 Å². The molecule has 1 aromatic rings. The summed E-state index contributed by atoms with van der Waals surface area (Å²) in [5.41, 5.74) is -1.63. The average molecular weight is 303 g/mol. The van der Waals surface area contributed by atoms with Crippen LogP contribution in [0.3, 0.4) is 0 Å². The molecule has 21 heavy (non-hydrogen) atoms. The Kier molecular flexibility index (Phi) is 3.39. The summed E-state index contributed by atoms with van der Waals surface area (Å²) in [6.07, 6.45) is -2.29. The van der Waals surface area contributed by atoms with Gasteiger partial charge in [0, 0.05) is 0 Å². The van der Waals surface area contributed by atoms with Crippen molar-refractivity contribution in [2.75, 3.05) is 0 Å². The standard InChI is InChI=1S/C14H13F4NO2/c15-10-3-1-7(14(16,17)18)5-9(10)13(20)19-11-6-8-2-4-12(11)21-8/h1,3,5,8,11-12H,2,4,6H2,(H,19,20). The molecule has 2 heterocycles. The minimum absolute atomic E-state index is 0.0895. The lowest BCUT2D eigenvalue weighted by atomic mass is 9.95. The van der Waals surface area contributed by atoms with Gasteiger partial charge in [-0.2, -0.15) is 13.2 Å². The molecule has 2 aliphatic heterocycles. The van der Waals surface area contributed by atoms with Crippen LogP contribution in [0.4, 0.5) is 17.6 Å². The number of nitrogens with one attached hydrogen (secondary N) is 1. The molecule has 3 unspecified atom stereocenters. The highest BCUT2D eigenvalue weighted by Crippen LogP contribution is 2.35. The Labute approximate surface area is 118 Å². The SMILES string of the molecule is O=C(NC1CC2CCC1O2)c1cc(C(F)(F)F)ccc1F. The summed E-state index contributed by atoms with van der Waals surface area (Å²) in [5, 5.41) is 2.57. The van der Waals surface area contributed by atoms with E-state index in [0.717, 1.165) is 12.8 Å². The molecule has 114 valence electrons. The Morgan fingerprint density at radius 1 is 1.29 bits per heavy atom. The highest BCUT2D eigenvalue weighted by Gasteiger charge is 2.41. The number of hydrogen-bond acceptors (Lipinski definition) is 2. The van der Waals surface area contributed by atoms with Crippen molar-refractivity contribution < 1.29 is 27.1 Å². The third-order valence-corrected chi connectivity index (χ3v) is 3.96. The van der Waals surface area contributed by atoms with E-state index in [0.29, 0.717) is 24.6 Å². The summed E-state index contributed by atoms with van der Waals surface area (Å²) in [5.74, 6) is -1.80. The minimum atomic E-state index is -4.61.